The fourth-order valence-corrected chi connectivity index (χ4v) is 3.71. The number of ether oxygens (including phenoxy) is 2. The molecule has 3 heterocycles. The largest absolute Gasteiger partial charge is 0.478 e. The normalized spacial score (nSPS) is 21.1. The van der Waals surface area contributed by atoms with Crippen LogP contribution in [0.5, 0.6) is 5.88 Å². The molecule has 2 aliphatic rings. The van der Waals surface area contributed by atoms with Gasteiger partial charge in [-0.1, -0.05) is 6.07 Å². The van der Waals surface area contributed by atoms with E-state index in [-0.39, 0.29) is 11.4 Å². The number of carbonyl (C=O) groups excluding carboxylic acids is 1. The van der Waals surface area contributed by atoms with Crippen LogP contribution in [0.4, 0.5) is 0 Å². The third kappa shape index (κ3) is 4.50. The zero-order valence-corrected chi connectivity index (χ0v) is 15.4. The first-order chi connectivity index (χ1) is 12.1. The highest BCUT2D eigenvalue weighted by Crippen LogP contribution is 2.29. The van der Waals surface area contributed by atoms with Gasteiger partial charge in [-0.15, -0.1) is 0 Å². The lowest BCUT2D eigenvalue weighted by Gasteiger charge is -2.48. The van der Waals surface area contributed by atoms with Gasteiger partial charge in [0.05, 0.1) is 31.9 Å². The summed E-state index contributed by atoms with van der Waals surface area (Å²) in [4.78, 5) is 21.6. The van der Waals surface area contributed by atoms with Crippen molar-refractivity contribution in [1.29, 1.82) is 0 Å². The predicted octanol–water partition coefficient (Wildman–Crippen LogP) is 1.74. The number of morpholine rings is 1. The summed E-state index contributed by atoms with van der Waals surface area (Å²) in [5.41, 5.74) is 0.964. The van der Waals surface area contributed by atoms with E-state index in [1.54, 1.807) is 0 Å². The predicted molar refractivity (Wildman–Crippen MR) is 95.7 cm³/mol. The average molecular weight is 347 g/mol. The number of carbonyl (C=O) groups is 1. The molecule has 0 spiro atoms. The number of pyridine rings is 1. The van der Waals surface area contributed by atoms with Gasteiger partial charge in [-0.25, -0.2) is 4.98 Å². The standard InChI is InChI=1S/C19H29N3O3/c1-3-25-17-6-4-5-16(20-17)15-18(23)21-9-7-19(2,8-10-21)22-11-13-24-14-12-22/h4-6H,3,7-15H2,1-2H3. The molecule has 3 rings (SSSR count). The number of hydrogen-bond acceptors (Lipinski definition) is 5. The Balaban J connectivity index is 1.53. The van der Waals surface area contributed by atoms with E-state index in [0.717, 1.165) is 57.9 Å². The Morgan fingerprint density at radius 1 is 1.24 bits per heavy atom. The molecule has 0 N–H and O–H groups in total. The van der Waals surface area contributed by atoms with Crippen molar-refractivity contribution in [3.8, 4) is 5.88 Å². The molecule has 0 bridgehead atoms. The van der Waals surface area contributed by atoms with Crippen LogP contribution in [0, 0.1) is 0 Å². The SMILES string of the molecule is CCOc1cccc(CC(=O)N2CCC(C)(N3CCOCC3)CC2)n1. The fraction of sp³-hybridized carbons (Fsp3) is 0.684. The fourth-order valence-electron chi connectivity index (χ4n) is 3.71. The lowest BCUT2D eigenvalue weighted by molar-refractivity contribution is -0.133. The first kappa shape index (κ1) is 18.1. The molecule has 2 fully saturated rings. The van der Waals surface area contributed by atoms with Crippen molar-refractivity contribution >= 4 is 5.91 Å². The molecule has 2 saturated heterocycles. The number of aromatic nitrogens is 1. The maximum Gasteiger partial charge on any atom is 0.228 e. The zero-order valence-electron chi connectivity index (χ0n) is 15.4. The van der Waals surface area contributed by atoms with E-state index < -0.39 is 0 Å². The molecule has 0 aliphatic carbocycles. The second-order valence-corrected chi connectivity index (χ2v) is 7.05. The molecule has 2 aliphatic heterocycles. The molecular formula is C19H29N3O3. The second kappa shape index (κ2) is 8.15. The topological polar surface area (TPSA) is 54.9 Å². The molecule has 0 aromatic carbocycles. The summed E-state index contributed by atoms with van der Waals surface area (Å²) in [5.74, 6) is 0.747. The highest BCUT2D eigenvalue weighted by molar-refractivity contribution is 5.78. The number of nitrogens with zero attached hydrogens (tertiary/aromatic N) is 3. The van der Waals surface area contributed by atoms with Crippen molar-refractivity contribution in [2.75, 3.05) is 46.0 Å². The summed E-state index contributed by atoms with van der Waals surface area (Å²) in [7, 11) is 0. The summed E-state index contributed by atoms with van der Waals surface area (Å²) >= 11 is 0. The Labute approximate surface area is 150 Å². The van der Waals surface area contributed by atoms with Gasteiger partial charge in [0, 0.05) is 37.8 Å². The Morgan fingerprint density at radius 2 is 1.96 bits per heavy atom. The van der Waals surface area contributed by atoms with Crippen molar-refractivity contribution in [3.63, 3.8) is 0 Å². The lowest BCUT2D eigenvalue weighted by atomic mass is 9.87. The monoisotopic (exact) mass is 347 g/mol. The lowest BCUT2D eigenvalue weighted by Crippen LogP contribution is -2.57. The van der Waals surface area contributed by atoms with Gasteiger partial charge in [-0.05, 0) is 32.8 Å². The van der Waals surface area contributed by atoms with Crippen LogP contribution in [0.25, 0.3) is 0 Å². The number of amides is 1. The molecule has 138 valence electrons. The summed E-state index contributed by atoms with van der Waals surface area (Å²) < 4.78 is 10.9. The van der Waals surface area contributed by atoms with Crippen LogP contribution in [0.2, 0.25) is 0 Å². The first-order valence-corrected chi connectivity index (χ1v) is 9.30. The van der Waals surface area contributed by atoms with E-state index in [9.17, 15) is 4.79 Å². The quantitative estimate of drug-likeness (QED) is 0.812. The van der Waals surface area contributed by atoms with Crippen molar-refractivity contribution in [3.05, 3.63) is 23.9 Å². The molecule has 1 aromatic heterocycles. The minimum absolute atomic E-state index is 0.158. The smallest absolute Gasteiger partial charge is 0.228 e. The van der Waals surface area contributed by atoms with Crippen LogP contribution in [0.15, 0.2) is 18.2 Å². The van der Waals surface area contributed by atoms with Crippen LogP contribution >= 0.6 is 0 Å². The van der Waals surface area contributed by atoms with Crippen LogP contribution in [0.3, 0.4) is 0 Å². The van der Waals surface area contributed by atoms with E-state index in [1.807, 2.05) is 30.0 Å². The number of piperidine rings is 1. The van der Waals surface area contributed by atoms with Crippen molar-refractivity contribution < 1.29 is 14.3 Å². The van der Waals surface area contributed by atoms with E-state index in [2.05, 4.69) is 16.8 Å². The highest BCUT2D eigenvalue weighted by atomic mass is 16.5. The van der Waals surface area contributed by atoms with Gasteiger partial charge in [0.1, 0.15) is 0 Å². The molecule has 1 aromatic rings. The number of rotatable bonds is 5. The Morgan fingerprint density at radius 3 is 2.64 bits per heavy atom. The third-order valence-corrected chi connectivity index (χ3v) is 5.37. The van der Waals surface area contributed by atoms with Crippen LogP contribution in [-0.4, -0.2) is 72.2 Å². The molecule has 25 heavy (non-hydrogen) atoms. The van der Waals surface area contributed by atoms with Crippen molar-refractivity contribution in [2.24, 2.45) is 0 Å². The molecule has 6 nitrogen and oxygen atoms in total. The molecular weight excluding hydrogens is 318 g/mol. The summed E-state index contributed by atoms with van der Waals surface area (Å²) in [5, 5.41) is 0. The number of hydrogen-bond donors (Lipinski definition) is 0. The van der Waals surface area contributed by atoms with Gasteiger partial charge in [-0.2, -0.15) is 0 Å². The van der Waals surface area contributed by atoms with E-state index in [4.69, 9.17) is 9.47 Å². The van der Waals surface area contributed by atoms with Gasteiger partial charge in [-0.3, -0.25) is 9.69 Å². The van der Waals surface area contributed by atoms with Crippen LogP contribution < -0.4 is 4.74 Å². The maximum atomic E-state index is 12.6. The Kier molecular flexibility index (Phi) is 5.91. The second-order valence-electron chi connectivity index (χ2n) is 7.05. The summed E-state index contributed by atoms with van der Waals surface area (Å²) in [6, 6.07) is 5.61. The minimum Gasteiger partial charge on any atom is -0.478 e. The Hall–Kier alpha value is -1.66. The molecule has 0 radical (unpaired) electrons. The van der Waals surface area contributed by atoms with E-state index >= 15 is 0 Å². The average Bonchev–Trinajstić information content (AvgIpc) is 2.63. The van der Waals surface area contributed by atoms with Crippen LogP contribution in [0.1, 0.15) is 32.4 Å². The molecule has 0 atom stereocenters. The minimum atomic E-state index is 0.158. The van der Waals surface area contributed by atoms with Gasteiger partial charge < -0.3 is 14.4 Å². The van der Waals surface area contributed by atoms with Gasteiger partial charge in [0.15, 0.2) is 0 Å². The maximum absolute atomic E-state index is 12.6. The Bertz CT molecular complexity index is 579. The van der Waals surface area contributed by atoms with Crippen LogP contribution in [-0.2, 0) is 16.0 Å². The van der Waals surface area contributed by atoms with Gasteiger partial charge in [0.2, 0.25) is 11.8 Å². The van der Waals surface area contributed by atoms with Gasteiger partial charge >= 0.3 is 0 Å². The van der Waals surface area contributed by atoms with E-state index in [1.165, 1.54) is 0 Å². The van der Waals surface area contributed by atoms with Gasteiger partial charge in [0.25, 0.3) is 0 Å². The summed E-state index contributed by atoms with van der Waals surface area (Å²) in [6.07, 6.45) is 2.38. The zero-order chi connectivity index (χ0) is 17.7. The third-order valence-electron chi connectivity index (χ3n) is 5.37. The van der Waals surface area contributed by atoms with Crippen molar-refractivity contribution in [2.45, 2.75) is 38.6 Å². The highest BCUT2D eigenvalue weighted by Gasteiger charge is 2.37. The van der Waals surface area contributed by atoms with Crippen molar-refractivity contribution in [1.82, 2.24) is 14.8 Å². The molecule has 0 unspecified atom stereocenters. The van der Waals surface area contributed by atoms with E-state index in [0.29, 0.717) is 18.9 Å². The molecule has 1 amide bonds. The number of likely N-dealkylation sites (tertiary alicyclic amines) is 1. The summed E-state index contributed by atoms with van der Waals surface area (Å²) in [6.45, 7) is 10.1. The molecule has 6 heteroatoms. The molecule has 0 saturated carbocycles. The first-order valence-electron chi connectivity index (χ1n) is 9.30.